The molecule has 2 aliphatic heterocycles. The van der Waals surface area contributed by atoms with Gasteiger partial charge in [0.05, 0.1) is 30.5 Å². The quantitative estimate of drug-likeness (QED) is 0.163. The first-order chi connectivity index (χ1) is 19.7. The summed E-state index contributed by atoms with van der Waals surface area (Å²) >= 11 is 14.6. The lowest BCUT2D eigenvalue weighted by Crippen LogP contribution is -2.44. The molecule has 10 heteroatoms. The minimum atomic E-state index is -0.880. The Labute approximate surface area is 264 Å². The van der Waals surface area contributed by atoms with E-state index in [2.05, 4.69) is 27.5 Å². The second-order valence-electron chi connectivity index (χ2n) is 10.4. The number of halogens is 3. The van der Waals surface area contributed by atoms with E-state index in [4.69, 9.17) is 33.7 Å². The molecule has 2 aliphatic rings. The minimum Gasteiger partial charge on any atom is -0.398 e. The molecule has 5 rings (SSSR count). The number of anilines is 2. The van der Waals surface area contributed by atoms with Crippen LogP contribution in [0.2, 0.25) is 10.0 Å². The highest BCUT2D eigenvalue weighted by Gasteiger charge is 2.43. The number of unbranched alkanes of at least 4 members (excludes halogenated alkanes) is 1. The fourth-order valence-electron chi connectivity index (χ4n) is 5.64. The van der Waals surface area contributed by atoms with Crippen LogP contribution in [0.15, 0.2) is 60.7 Å². The molecule has 0 bridgehead atoms. The average Bonchev–Trinajstić information content (AvgIpc) is 3.04. The second kappa shape index (κ2) is 13.3. The van der Waals surface area contributed by atoms with Crippen LogP contribution in [-0.4, -0.2) is 61.0 Å². The van der Waals surface area contributed by atoms with Crippen molar-refractivity contribution in [3.05, 3.63) is 91.0 Å². The highest BCUT2D eigenvalue weighted by Crippen LogP contribution is 2.41. The standard InChI is InChI=1S/C31H33Cl2IN4O3/c1-20(25-10-8-23(33)18-27(25)35)38-29(21-4-6-22(32)7-5-21)31(40)37(13-3-2-12-36-14-16-41-17-15-36)28-11-9-24(34)19-26(28)30(38)39/h4-11,18-20,29H,2-3,12-17,35H2,1H3. The zero-order valence-electron chi connectivity index (χ0n) is 22.9. The molecule has 1 fully saturated rings. The van der Waals surface area contributed by atoms with Crippen LogP contribution in [0.25, 0.3) is 0 Å². The van der Waals surface area contributed by atoms with Gasteiger partial charge in [0.2, 0.25) is 0 Å². The van der Waals surface area contributed by atoms with E-state index in [0.717, 1.165) is 54.8 Å². The number of rotatable bonds is 8. The molecule has 0 aliphatic carbocycles. The van der Waals surface area contributed by atoms with E-state index in [0.29, 0.717) is 39.1 Å². The Morgan fingerprint density at radius 2 is 1.63 bits per heavy atom. The van der Waals surface area contributed by atoms with E-state index < -0.39 is 12.1 Å². The molecule has 3 aromatic rings. The SMILES string of the molecule is CC(c1ccc(Cl)cc1N)N1C(=O)c2cc(I)ccc2N(CCCCN2CCOCC2)C(=O)C1c1ccc(Cl)cc1. The largest absolute Gasteiger partial charge is 0.398 e. The Balaban J connectivity index is 1.55. The number of fused-ring (bicyclic) bond motifs is 1. The molecule has 0 saturated carbocycles. The molecule has 216 valence electrons. The summed E-state index contributed by atoms with van der Waals surface area (Å²) in [5.41, 5.74) is 9.39. The van der Waals surface area contributed by atoms with E-state index >= 15 is 0 Å². The molecular formula is C31H33Cl2IN4O3. The Morgan fingerprint density at radius 3 is 2.34 bits per heavy atom. The third-order valence-corrected chi connectivity index (χ3v) is 8.96. The number of carbonyl (C=O) groups excluding carboxylic acids is 2. The van der Waals surface area contributed by atoms with Gasteiger partial charge in [-0.25, -0.2) is 0 Å². The summed E-state index contributed by atoms with van der Waals surface area (Å²) in [4.78, 5) is 35.0. The van der Waals surface area contributed by atoms with Gasteiger partial charge >= 0.3 is 0 Å². The van der Waals surface area contributed by atoms with Gasteiger partial charge in [0.15, 0.2) is 0 Å². The number of nitrogens with zero attached hydrogens (tertiary/aromatic N) is 3. The highest BCUT2D eigenvalue weighted by molar-refractivity contribution is 14.1. The molecule has 2 unspecified atom stereocenters. The number of benzene rings is 3. The maximum Gasteiger partial charge on any atom is 0.257 e. The fourth-order valence-corrected chi connectivity index (χ4v) is 6.44. The Morgan fingerprint density at radius 1 is 0.951 bits per heavy atom. The first-order valence-electron chi connectivity index (χ1n) is 13.8. The van der Waals surface area contributed by atoms with Crippen LogP contribution in [0.1, 0.15) is 53.3 Å². The van der Waals surface area contributed by atoms with Gasteiger partial charge in [0.25, 0.3) is 11.8 Å². The van der Waals surface area contributed by atoms with Crippen molar-refractivity contribution in [2.24, 2.45) is 0 Å². The number of morpholine rings is 1. The van der Waals surface area contributed by atoms with Crippen molar-refractivity contribution in [3.63, 3.8) is 0 Å². The Kier molecular flexibility index (Phi) is 9.76. The number of carbonyl (C=O) groups is 2. The van der Waals surface area contributed by atoms with E-state index in [1.807, 2.05) is 43.3 Å². The first-order valence-corrected chi connectivity index (χ1v) is 15.6. The summed E-state index contributed by atoms with van der Waals surface area (Å²) in [6.07, 6.45) is 1.74. The van der Waals surface area contributed by atoms with Crippen LogP contribution in [0.4, 0.5) is 11.4 Å². The molecular weight excluding hydrogens is 674 g/mol. The average molecular weight is 707 g/mol. The predicted molar refractivity (Wildman–Crippen MR) is 173 cm³/mol. The molecule has 7 nitrogen and oxygen atoms in total. The maximum atomic E-state index is 14.6. The van der Waals surface area contributed by atoms with Crippen LogP contribution in [0, 0.1) is 3.57 Å². The predicted octanol–water partition coefficient (Wildman–Crippen LogP) is 6.58. The summed E-state index contributed by atoms with van der Waals surface area (Å²) in [6, 6.07) is 16.7. The zero-order valence-corrected chi connectivity index (χ0v) is 26.5. The van der Waals surface area contributed by atoms with Gasteiger partial charge in [0.1, 0.15) is 6.04 Å². The molecule has 41 heavy (non-hydrogen) atoms. The third kappa shape index (κ3) is 6.67. The molecule has 2 atom stereocenters. The van der Waals surface area contributed by atoms with Crippen molar-refractivity contribution in [2.45, 2.75) is 31.8 Å². The zero-order chi connectivity index (χ0) is 29.1. The van der Waals surface area contributed by atoms with Crippen molar-refractivity contribution in [3.8, 4) is 0 Å². The summed E-state index contributed by atoms with van der Waals surface area (Å²) in [7, 11) is 0. The molecule has 0 spiro atoms. The van der Waals surface area contributed by atoms with Crippen molar-refractivity contribution in [1.29, 1.82) is 0 Å². The van der Waals surface area contributed by atoms with Gasteiger partial charge in [-0.3, -0.25) is 14.5 Å². The monoisotopic (exact) mass is 706 g/mol. The van der Waals surface area contributed by atoms with Crippen LogP contribution in [0.5, 0.6) is 0 Å². The summed E-state index contributed by atoms with van der Waals surface area (Å²) in [5.74, 6) is -0.393. The number of nitrogen functional groups attached to an aromatic ring is 1. The maximum absolute atomic E-state index is 14.6. The number of hydrogen-bond donors (Lipinski definition) is 1. The molecule has 2 N–H and O–H groups in total. The summed E-state index contributed by atoms with van der Waals surface area (Å²) < 4.78 is 6.38. The molecule has 0 radical (unpaired) electrons. The van der Waals surface area contributed by atoms with Gasteiger partial charge in [-0.15, -0.1) is 0 Å². The molecule has 0 aromatic heterocycles. The Bertz CT molecular complexity index is 1410. The van der Waals surface area contributed by atoms with Crippen molar-refractivity contribution >= 4 is 69.0 Å². The molecule has 1 saturated heterocycles. The second-order valence-corrected chi connectivity index (χ2v) is 12.5. The van der Waals surface area contributed by atoms with Crippen LogP contribution in [-0.2, 0) is 9.53 Å². The van der Waals surface area contributed by atoms with Crippen LogP contribution < -0.4 is 10.6 Å². The lowest BCUT2D eigenvalue weighted by atomic mass is 9.97. The fraction of sp³-hybridized carbons (Fsp3) is 0.355. The molecule has 3 aromatic carbocycles. The Hall–Kier alpha value is -2.37. The van der Waals surface area contributed by atoms with Gasteiger partial charge in [-0.1, -0.05) is 41.4 Å². The number of hydrogen-bond acceptors (Lipinski definition) is 5. The van der Waals surface area contributed by atoms with Crippen molar-refractivity contribution in [1.82, 2.24) is 9.80 Å². The van der Waals surface area contributed by atoms with Gasteiger partial charge in [-0.2, -0.15) is 0 Å². The van der Waals surface area contributed by atoms with E-state index in [1.54, 1.807) is 34.1 Å². The first kappa shape index (κ1) is 30.1. The van der Waals surface area contributed by atoms with Crippen LogP contribution in [0.3, 0.4) is 0 Å². The molecule has 2 heterocycles. The topological polar surface area (TPSA) is 79.1 Å². The van der Waals surface area contributed by atoms with E-state index in [9.17, 15) is 9.59 Å². The van der Waals surface area contributed by atoms with E-state index in [-0.39, 0.29) is 11.8 Å². The van der Waals surface area contributed by atoms with Gasteiger partial charge in [0, 0.05) is 38.9 Å². The lowest BCUT2D eigenvalue weighted by Gasteiger charge is -2.36. The van der Waals surface area contributed by atoms with Gasteiger partial charge in [-0.05, 0) is 102 Å². The van der Waals surface area contributed by atoms with Crippen LogP contribution >= 0.6 is 45.8 Å². The highest BCUT2D eigenvalue weighted by atomic mass is 127. The van der Waals surface area contributed by atoms with Gasteiger partial charge < -0.3 is 20.3 Å². The smallest absolute Gasteiger partial charge is 0.257 e. The molecule has 2 amide bonds. The summed E-state index contributed by atoms with van der Waals surface area (Å²) in [5, 5.41) is 1.06. The number of nitrogens with two attached hydrogens (primary N) is 1. The summed E-state index contributed by atoms with van der Waals surface area (Å²) in [6.45, 7) is 6.72. The lowest BCUT2D eigenvalue weighted by molar-refractivity contribution is -0.123. The van der Waals surface area contributed by atoms with Crippen molar-refractivity contribution < 1.29 is 14.3 Å². The van der Waals surface area contributed by atoms with Crippen molar-refractivity contribution in [2.75, 3.05) is 50.0 Å². The van der Waals surface area contributed by atoms with E-state index in [1.165, 1.54) is 0 Å². The third-order valence-electron chi connectivity index (χ3n) is 7.80. The number of ether oxygens (including phenoxy) is 1. The normalized spacial score (nSPS) is 18.8. The number of amides is 2. The minimum absolute atomic E-state index is 0.161.